The van der Waals surface area contributed by atoms with Gasteiger partial charge in [-0.3, -0.25) is 19.8 Å². The number of amides is 1. The fourth-order valence-corrected chi connectivity index (χ4v) is 6.18. The van der Waals surface area contributed by atoms with E-state index in [0.29, 0.717) is 6.54 Å². The molecule has 10 nitrogen and oxygen atoms in total. The van der Waals surface area contributed by atoms with Crippen molar-refractivity contribution in [1.29, 1.82) is 0 Å². The molecule has 1 atom stereocenters. The van der Waals surface area contributed by atoms with Gasteiger partial charge in [-0.1, -0.05) is 0 Å². The topological polar surface area (TPSA) is 107 Å². The van der Waals surface area contributed by atoms with Gasteiger partial charge in [0, 0.05) is 85.1 Å². The minimum Gasteiger partial charge on any atom is -0.345 e. The summed E-state index contributed by atoms with van der Waals surface area (Å²) in [5, 5.41) is 12.7. The van der Waals surface area contributed by atoms with Crippen LogP contribution in [0.2, 0.25) is 0 Å². The van der Waals surface area contributed by atoms with Crippen LogP contribution in [0.3, 0.4) is 0 Å². The van der Waals surface area contributed by atoms with E-state index in [2.05, 4.69) is 42.1 Å². The lowest BCUT2D eigenvalue weighted by Gasteiger charge is -2.35. The first-order chi connectivity index (χ1) is 18.7. The Morgan fingerprint density at radius 1 is 1.05 bits per heavy atom. The van der Waals surface area contributed by atoms with Crippen molar-refractivity contribution in [3.05, 3.63) is 60.3 Å². The Morgan fingerprint density at radius 3 is 2.74 bits per heavy atom. The van der Waals surface area contributed by atoms with Crippen LogP contribution in [0.5, 0.6) is 0 Å². The SMILES string of the molecule is O=C(CN1CC[C@@H](c2ncc3cc4[nH]nc(-c5ccncc5)c4cc3n2)C1)N1CCN(c2nccs2)CC1. The number of nitrogens with zero attached hydrogens (tertiary/aromatic N) is 8. The van der Waals surface area contributed by atoms with Gasteiger partial charge < -0.3 is 9.80 Å². The van der Waals surface area contributed by atoms with Crippen LogP contribution in [-0.2, 0) is 4.79 Å². The quantitative estimate of drug-likeness (QED) is 0.373. The Morgan fingerprint density at radius 2 is 1.92 bits per heavy atom. The lowest BCUT2D eigenvalue weighted by atomic mass is 10.1. The molecular weight excluding hydrogens is 498 g/mol. The molecule has 0 bridgehead atoms. The maximum atomic E-state index is 13.0. The molecule has 192 valence electrons. The summed E-state index contributed by atoms with van der Waals surface area (Å²) in [6, 6.07) is 8.07. The number of nitrogens with one attached hydrogen (secondary N) is 1. The van der Waals surface area contributed by atoms with Crippen molar-refractivity contribution in [2.45, 2.75) is 12.3 Å². The minimum atomic E-state index is 0.204. The zero-order chi connectivity index (χ0) is 25.5. The Kier molecular flexibility index (Phi) is 5.94. The molecule has 1 aromatic carbocycles. The molecule has 2 saturated heterocycles. The van der Waals surface area contributed by atoms with Gasteiger partial charge >= 0.3 is 0 Å². The van der Waals surface area contributed by atoms with Gasteiger partial charge in [-0.15, -0.1) is 11.3 Å². The van der Waals surface area contributed by atoms with Gasteiger partial charge in [-0.05, 0) is 37.2 Å². The molecule has 0 saturated carbocycles. The fraction of sp³-hybridized carbons (Fsp3) is 0.333. The number of hydrogen-bond acceptors (Lipinski definition) is 9. The first-order valence-corrected chi connectivity index (χ1v) is 13.8. The van der Waals surface area contributed by atoms with Gasteiger partial charge in [0.2, 0.25) is 5.91 Å². The van der Waals surface area contributed by atoms with Crippen LogP contribution in [0, 0.1) is 0 Å². The van der Waals surface area contributed by atoms with Crippen LogP contribution in [-0.4, -0.2) is 91.7 Å². The zero-order valence-electron chi connectivity index (χ0n) is 20.8. The smallest absolute Gasteiger partial charge is 0.236 e. The lowest BCUT2D eigenvalue weighted by molar-refractivity contribution is -0.132. The molecule has 4 aromatic heterocycles. The third-order valence-corrected chi connectivity index (χ3v) is 8.39. The number of hydrogen-bond donors (Lipinski definition) is 1. The predicted molar refractivity (Wildman–Crippen MR) is 147 cm³/mol. The Balaban J connectivity index is 1.03. The maximum Gasteiger partial charge on any atom is 0.236 e. The molecular formula is C27H27N9OS. The monoisotopic (exact) mass is 525 g/mol. The maximum absolute atomic E-state index is 13.0. The summed E-state index contributed by atoms with van der Waals surface area (Å²) in [6.07, 6.45) is 8.23. The highest BCUT2D eigenvalue weighted by molar-refractivity contribution is 7.13. The third kappa shape index (κ3) is 4.37. The molecule has 6 heterocycles. The van der Waals surface area contributed by atoms with E-state index in [1.807, 2.05) is 34.8 Å². The summed E-state index contributed by atoms with van der Waals surface area (Å²) < 4.78 is 0. The van der Waals surface area contributed by atoms with E-state index in [-0.39, 0.29) is 11.8 Å². The van der Waals surface area contributed by atoms with Crippen LogP contribution in [0.4, 0.5) is 5.13 Å². The molecule has 38 heavy (non-hydrogen) atoms. The number of aromatic nitrogens is 6. The molecule has 11 heteroatoms. The number of piperazine rings is 1. The highest BCUT2D eigenvalue weighted by Gasteiger charge is 2.30. The molecule has 0 aliphatic carbocycles. The van der Waals surface area contributed by atoms with Crippen molar-refractivity contribution >= 4 is 44.2 Å². The third-order valence-electron chi connectivity index (χ3n) is 7.55. The molecule has 0 radical (unpaired) electrons. The van der Waals surface area contributed by atoms with Gasteiger partial charge in [-0.2, -0.15) is 5.10 Å². The minimum absolute atomic E-state index is 0.204. The van der Waals surface area contributed by atoms with Gasteiger partial charge in [0.1, 0.15) is 11.5 Å². The molecule has 2 fully saturated rings. The Labute approximate surface area is 223 Å². The van der Waals surface area contributed by atoms with Crippen molar-refractivity contribution < 1.29 is 4.79 Å². The largest absolute Gasteiger partial charge is 0.345 e. The average Bonchev–Trinajstić information content (AvgIpc) is 3.74. The Hall–Kier alpha value is -3.96. The van der Waals surface area contributed by atoms with E-state index in [0.717, 1.165) is 89.7 Å². The van der Waals surface area contributed by atoms with Crippen molar-refractivity contribution in [3.8, 4) is 11.3 Å². The lowest BCUT2D eigenvalue weighted by Crippen LogP contribution is -2.51. The van der Waals surface area contributed by atoms with Gasteiger partial charge in [-0.25, -0.2) is 15.0 Å². The number of benzene rings is 1. The van der Waals surface area contributed by atoms with Crippen LogP contribution in [0.15, 0.2) is 54.4 Å². The first-order valence-electron chi connectivity index (χ1n) is 12.9. The number of aromatic amines is 1. The molecule has 2 aliphatic heterocycles. The number of carbonyl (C=O) groups excluding carboxylic acids is 1. The number of rotatable bonds is 5. The second-order valence-corrected chi connectivity index (χ2v) is 10.8. The van der Waals surface area contributed by atoms with Crippen LogP contribution < -0.4 is 4.90 Å². The summed E-state index contributed by atoms with van der Waals surface area (Å²) in [5.41, 5.74) is 3.77. The summed E-state index contributed by atoms with van der Waals surface area (Å²) >= 11 is 1.65. The molecule has 2 aliphatic rings. The first kappa shape index (κ1) is 23.2. The molecule has 1 N–H and O–H groups in total. The molecule has 7 rings (SSSR count). The average molecular weight is 526 g/mol. The highest BCUT2D eigenvalue weighted by Crippen LogP contribution is 2.31. The van der Waals surface area contributed by atoms with Crippen molar-refractivity contribution in [2.24, 2.45) is 0 Å². The summed E-state index contributed by atoms with van der Waals surface area (Å²) in [7, 11) is 0. The number of anilines is 1. The highest BCUT2D eigenvalue weighted by atomic mass is 32.1. The predicted octanol–water partition coefficient (Wildman–Crippen LogP) is 3.16. The second kappa shape index (κ2) is 9.73. The van der Waals surface area contributed by atoms with Crippen molar-refractivity contribution in [3.63, 3.8) is 0 Å². The normalized spacial score (nSPS) is 18.6. The molecule has 1 amide bonds. The van der Waals surface area contributed by atoms with E-state index in [1.165, 1.54) is 0 Å². The van der Waals surface area contributed by atoms with Crippen molar-refractivity contribution in [2.75, 3.05) is 50.7 Å². The molecule has 5 aromatic rings. The molecule has 0 spiro atoms. The second-order valence-electron chi connectivity index (χ2n) is 9.90. The van der Waals surface area contributed by atoms with E-state index in [1.54, 1.807) is 23.7 Å². The van der Waals surface area contributed by atoms with Gasteiger partial charge in [0.05, 0.1) is 17.6 Å². The van der Waals surface area contributed by atoms with E-state index in [9.17, 15) is 4.79 Å². The van der Waals surface area contributed by atoms with Gasteiger partial charge in [0.25, 0.3) is 0 Å². The standard InChI is InChI=1S/C27H27N9OS/c37-24(35-8-10-36(11-9-35)27-29-6-12-38-27)17-34-7-3-19(16-34)26-30-15-20-13-23-21(14-22(20)31-26)25(33-32-23)18-1-4-28-5-2-18/h1-2,4-6,12-15,19H,3,7-11,16-17H2,(H,32,33)/t19-/m1/s1. The van der Waals surface area contributed by atoms with Crippen molar-refractivity contribution in [1.82, 2.24) is 39.9 Å². The number of pyridine rings is 1. The number of carbonyl (C=O) groups is 1. The summed E-state index contributed by atoms with van der Waals surface area (Å²) in [5.74, 6) is 1.27. The van der Waals surface area contributed by atoms with Crippen LogP contribution in [0.1, 0.15) is 18.2 Å². The van der Waals surface area contributed by atoms with Gasteiger partial charge in [0.15, 0.2) is 5.13 Å². The summed E-state index contributed by atoms with van der Waals surface area (Å²) in [4.78, 5) is 37.7. The summed E-state index contributed by atoms with van der Waals surface area (Å²) in [6.45, 7) is 5.28. The Bertz CT molecular complexity index is 1580. The fourth-order valence-electron chi connectivity index (χ4n) is 5.48. The zero-order valence-corrected chi connectivity index (χ0v) is 21.6. The number of fused-ring (bicyclic) bond motifs is 2. The van der Waals surface area contributed by atoms with E-state index >= 15 is 0 Å². The van der Waals surface area contributed by atoms with E-state index < -0.39 is 0 Å². The number of likely N-dealkylation sites (tertiary alicyclic amines) is 1. The van der Waals surface area contributed by atoms with Crippen LogP contribution in [0.25, 0.3) is 33.1 Å². The number of thiazole rings is 1. The van der Waals surface area contributed by atoms with Crippen LogP contribution >= 0.6 is 11.3 Å². The van der Waals surface area contributed by atoms with E-state index in [4.69, 9.17) is 9.97 Å². The molecule has 0 unspecified atom stereocenters. The number of H-pyrrole nitrogens is 1.